The number of nitrogens with one attached hydrogen (secondary N) is 1. The molecule has 35 heavy (non-hydrogen) atoms. The van der Waals surface area contributed by atoms with Crippen molar-refractivity contribution in [2.75, 3.05) is 6.61 Å². The first-order valence-corrected chi connectivity index (χ1v) is 12.4. The standard InChI is InChI=1S/C28H24Cl3NO3/c1-2-35-28(34)27-24(20-8-4-6-10-22(20)31)25(26(32-27)18-11-14-19(29)15-12-18)23(33)16-13-17-7-3-5-9-21(17)30/h3-16,24-27,32H,2H2,1H3/b16-13+/t24-,25-,26-,27-/m0/s1. The van der Waals surface area contributed by atoms with Gasteiger partial charge in [-0.15, -0.1) is 0 Å². The van der Waals surface area contributed by atoms with Crippen LogP contribution in [0, 0.1) is 5.92 Å². The van der Waals surface area contributed by atoms with Crippen LogP contribution in [0.3, 0.4) is 0 Å². The molecule has 0 saturated carbocycles. The molecule has 4 atom stereocenters. The van der Waals surface area contributed by atoms with Crippen molar-refractivity contribution in [3.8, 4) is 0 Å². The predicted octanol–water partition coefficient (Wildman–Crippen LogP) is 6.91. The van der Waals surface area contributed by atoms with E-state index in [1.54, 1.807) is 37.3 Å². The quantitative estimate of drug-likeness (QED) is 0.267. The number of benzene rings is 3. The summed E-state index contributed by atoms with van der Waals surface area (Å²) in [7, 11) is 0. The Kier molecular flexibility index (Phi) is 8.30. The van der Waals surface area contributed by atoms with Crippen LogP contribution < -0.4 is 5.32 Å². The molecule has 3 aromatic carbocycles. The molecule has 1 aliphatic heterocycles. The lowest BCUT2D eigenvalue weighted by Gasteiger charge is -2.24. The van der Waals surface area contributed by atoms with Crippen molar-refractivity contribution in [1.82, 2.24) is 5.32 Å². The molecule has 1 saturated heterocycles. The first-order valence-electron chi connectivity index (χ1n) is 11.3. The first kappa shape index (κ1) is 25.5. The Hall–Kier alpha value is -2.63. The van der Waals surface area contributed by atoms with E-state index in [2.05, 4.69) is 5.32 Å². The van der Waals surface area contributed by atoms with E-state index in [-0.39, 0.29) is 12.4 Å². The maximum Gasteiger partial charge on any atom is 0.323 e. The van der Waals surface area contributed by atoms with Gasteiger partial charge >= 0.3 is 5.97 Å². The minimum Gasteiger partial charge on any atom is -0.465 e. The van der Waals surface area contributed by atoms with Crippen molar-refractivity contribution < 1.29 is 14.3 Å². The zero-order valence-electron chi connectivity index (χ0n) is 19.0. The third-order valence-corrected chi connectivity index (χ3v) is 7.10. The second-order valence-corrected chi connectivity index (χ2v) is 9.51. The van der Waals surface area contributed by atoms with Crippen LogP contribution in [0.4, 0.5) is 0 Å². The topological polar surface area (TPSA) is 55.4 Å². The number of ether oxygens (including phenoxy) is 1. The number of carbonyl (C=O) groups is 2. The number of hydrogen-bond donors (Lipinski definition) is 1. The zero-order chi connectivity index (χ0) is 24.9. The Bertz CT molecular complexity index is 1240. The number of halogens is 3. The monoisotopic (exact) mass is 527 g/mol. The number of hydrogen-bond acceptors (Lipinski definition) is 4. The lowest BCUT2D eigenvalue weighted by atomic mass is 9.77. The Morgan fingerprint density at radius 1 is 0.914 bits per heavy atom. The van der Waals surface area contributed by atoms with Gasteiger partial charge in [-0.2, -0.15) is 0 Å². The summed E-state index contributed by atoms with van der Waals surface area (Å²) < 4.78 is 5.38. The first-order chi connectivity index (χ1) is 16.9. The molecular weight excluding hydrogens is 505 g/mol. The van der Waals surface area contributed by atoms with Gasteiger partial charge < -0.3 is 4.74 Å². The number of esters is 1. The molecule has 0 spiro atoms. The van der Waals surface area contributed by atoms with E-state index < -0.39 is 29.9 Å². The van der Waals surface area contributed by atoms with Crippen molar-refractivity contribution in [3.63, 3.8) is 0 Å². The lowest BCUT2D eigenvalue weighted by Crippen LogP contribution is -2.37. The maximum atomic E-state index is 13.8. The Labute approximate surface area is 219 Å². The second-order valence-electron chi connectivity index (χ2n) is 8.26. The van der Waals surface area contributed by atoms with E-state index in [1.165, 1.54) is 6.08 Å². The highest BCUT2D eigenvalue weighted by Crippen LogP contribution is 2.46. The van der Waals surface area contributed by atoms with Crippen LogP contribution in [0.1, 0.15) is 35.6 Å². The van der Waals surface area contributed by atoms with Crippen LogP contribution >= 0.6 is 34.8 Å². The molecule has 0 bridgehead atoms. The van der Waals surface area contributed by atoms with Crippen molar-refractivity contribution in [2.24, 2.45) is 5.92 Å². The van der Waals surface area contributed by atoms with Gasteiger partial charge in [-0.3, -0.25) is 14.9 Å². The molecule has 1 heterocycles. The summed E-state index contributed by atoms with van der Waals surface area (Å²) >= 11 is 19.0. The summed E-state index contributed by atoms with van der Waals surface area (Å²) in [5.74, 6) is -1.77. The molecular formula is C28H24Cl3NO3. The summed E-state index contributed by atoms with van der Waals surface area (Å²) in [5, 5.41) is 4.98. The fraction of sp³-hybridized carbons (Fsp3) is 0.214. The van der Waals surface area contributed by atoms with Crippen molar-refractivity contribution >= 4 is 52.6 Å². The Balaban J connectivity index is 1.81. The summed E-state index contributed by atoms with van der Waals surface area (Å²) in [6, 6.07) is 20.6. The normalized spacial score (nSPS) is 21.8. The predicted molar refractivity (Wildman–Crippen MR) is 141 cm³/mol. The van der Waals surface area contributed by atoms with Gasteiger partial charge in [-0.25, -0.2) is 0 Å². The van der Waals surface area contributed by atoms with Gasteiger partial charge in [0.15, 0.2) is 5.78 Å². The van der Waals surface area contributed by atoms with Gasteiger partial charge in [0.25, 0.3) is 0 Å². The third-order valence-electron chi connectivity index (χ3n) is 6.16. The highest BCUT2D eigenvalue weighted by molar-refractivity contribution is 6.32. The van der Waals surface area contributed by atoms with Crippen molar-refractivity contribution in [1.29, 1.82) is 0 Å². The van der Waals surface area contributed by atoms with Crippen LogP contribution in [0.15, 0.2) is 78.9 Å². The van der Waals surface area contributed by atoms with E-state index in [0.29, 0.717) is 20.6 Å². The number of rotatable bonds is 7. The molecule has 1 N–H and O–H groups in total. The maximum absolute atomic E-state index is 13.8. The summed E-state index contributed by atoms with van der Waals surface area (Å²) in [6.07, 6.45) is 3.22. The van der Waals surface area contributed by atoms with E-state index >= 15 is 0 Å². The molecule has 1 fully saturated rings. The van der Waals surface area contributed by atoms with E-state index in [0.717, 1.165) is 11.1 Å². The minimum absolute atomic E-state index is 0.158. The van der Waals surface area contributed by atoms with Crippen LogP contribution in [0.25, 0.3) is 6.08 Å². The second kappa shape index (κ2) is 11.4. The third kappa shape index (κ3) is 5.62. The van der Waals surface area contributed by atoms with Crippen molar-refractivity contribution in [2.45, 2.75) is 24.9 Å². The Morgan fingerprint density at radius 3 is 2.23 bits per heavy atom. The van der Waals surface area contributed by atoms with E-state index in [9.17, 15) is 9.59 Å². The molecule has 0 radical (unpaired) electrons. The molecule has 1 aliphatic rings. The van der Waals surface area contributed by atoms with Crippen molar-refractivity contribution in [3.05, 3.63) is 111 Å². The minimum atomic E-state index is -0.766. The summed E-state index contributed by atoms with van der Waals surface area (Å²) in [5.41, 5.74) is 2.27. The zero-order valence-corrected chi connectivity index (χ0v) is 21.2. The smallest absolute Gasteiger partial charge is 0.323 e. The fourth-order valence-corrected chi connectivity index (χ4v) is 5.18. The molecule has 180 valence electrons. The average molecular weight is 529 g/mol. The molecule has 0 aromatic heterocycles. The molecule has 4 nitrogen and oxygen atoms in total. The van der Waals surface area contributed by atoms with Gasteiger partial charge in [0.1, 0.15) is 6.04 Å². The summed E-state index contributed by atoms with van der Waals surface area (Å²) in [4.78, 5) is 26.9. The van der Waals surface area contributed by atoms with E-state index in [1.807, 2.05) is 48.5 Å². The van der Waals surface area contributed by atoms with Crippen LogP contribution in [-0.4, -0.2) is 24.4 Å². The van der Waals surface area contributed by atoms with Gasteiger partial charge in [0, 0.05) is 27.0 Å². The largest absolute Gasteiger partial charge is 0.465 e. The van der Waals surface area contributed by atoms with Crippen LogP contribution in [-0.2, 0) is 14.3 Å². The van der Waals surface area contributed by atoms with Gasteiger partial charge in [0.05, 0.1) is 12.5 Å². The molecule has 0 aliphatic carbocycles. The molecule has 7 heteroatoms. The molecule has 0 unspecified atom stereocenters. The average Bonchev–Trinajstić information content (AvgIpc) is 3.25. The molecule has 0 amide bonds. The SMILES string of the molecule is CCOC(=O)[C@H]1N[C@@H](c2ccc(Cl)cc2)[C@@H](C(=O)/C=C/c2ccccc2Cl)[C@@H]1c1ccccc1Cl. The summed E-state index contributed by atoms with van der Waals surface area (Å²) in [6.45, 7) is 1.98. The highest BCUT2D eigenvalue weighted by atomic mass is 35.5. The highest BCUT2D eigenvalue weighted by Gasteiger charge is 2.51. The lowest BCUT2D eigenvalue weighted by molar-refractivity contribution is -0.145. The Morgan fingerprint density at radius 2 is 1.57 bits per heavy atom. The number of carbonyl (C=O) groups excluding carboxylic acids is 2. The molecule has 4 rings (SSSR count). The fourth-order valence-electron chi connectivity index (χ4n) is 4.59. The van der Waals surface area contributed by atoms with Gasteiger partial charge in [0.2, 0.25) is 0 Å². The molecule has 3 aromatic rings. The van der Waals surface area contributed by atoms with Gasteiger partial charge in [-0.05, 0) is 60.0 Å². The van der Waals surface area contributed by atoms with E-state index in [4.69, 9.17) is 39.5 Å². The number of allylic oxidation sites excluding steroid dienone is 1. The van der Waals surface area contributed by atoms with Gasteiger partial charge in [-0.1, -0.05) is 83.3 Å². The number of ketones is 1. The van der Waals surface area contributed by atoms with Crippen LogP contribution in [0.5, 0.6) is 0 Å². The van der Waals surface area contributed by atoms with Crippen LogP contribution in [0.2, 0.25) is 15.1 Å².